The van der Waals surface area contributed by atoms with Crippen LogP contribution in [0.15, 0.2) is 36.4 Å². The topological polar surface area (TPSA) is 79.3 Å². The molecular weight excluding hydrogens is 392 g/mol. The molecule has 2 atom stereocenters. The summed E-state index contributed by atoms with van der Waals surface area (Å²) in [6, 6.07) is 11.9. The Morgan fingerprint density at radius 3 is 1.42 bits per heavy atom. The monoisotopic (exact) mass is 418 g/mol. The van der Waals surface area contributed by atoms with Crippen LogP contribution in [0.2, 0.25) is 0 Å². The highest BCUT2D eigenvalue weighted by molar-refractivity contribution is 5.76. The molecular formula is C24H26N4O3. The molecule has 0 amide bonds. The molecule has 0 aliphatic heterocycles. The average molecular weight is 418 g/mol. The smallest absolute Gasteiger partial charge is 0.238 e. The molecule has 0 bridgehead atoms. The van der Waals surface area contributed by atoms with Crippen molar-refractivity contribution in [1.82, 2.24) is 19.9 Å². The number of aryl methyl sites for hydroxylation is 2. The normalized spacial score (nSPS) is 13.4. The van der Waals surface area contributed by atoms with Gasteiger partial charge in [-0.3, -0.25) is 0 Å². The summed E-state index contributed by atoms with van der Waals surface area (Å²) in [6.07, 6.45) is -0.774. The first-order valence-corrected chi connectivity index (χ1v) is 10.2. The van der Waals surface area contributed by atoms with Crippen molar-refractivity contribution in [2.45, 2.75) is 39.9 Å². The Bertz CT molecular complexity index is 1160. The zero-order chi connectivity index (χ0) is 22.1. The lowest BCUT2D eigenvalue weighted by molar-refractivity contribution is -0.00134. The van der Waals surface area contributed by atoms with Gasteiger partial charge in [0.2, 0.25) is 11.8 Å². The summed E-state index contributed by atoms with van der Waals surface area (Å²) >= 11 is 0. The molecule has 0 saturated heterocycles. The van der Waals surface area contributed by atoms with E-state index in [2.05, 4.69) is 9.97 Å². The first kappa shape index (κ1) is 20.9. The number of rotatable bonds is 6. The molecule has 0 fully saturated rings. The van der Waals surface area contributed by atoms with E-state index in [9.17, 15) is 0 Å². The highest BCUT2D eigenvalue weighted by Gasteiger charge is 2.23. The molecule has 0 aliphatic carbocycles. The molecule has 2 aromatic heterocycles. The first-order chi connectivity index (χ1) is 14.9. The van der Waals surface area contributed by atoms with E-state index in [4.69, 9.17) is 24.2 Å². The van der Waals surface area contributed by atoms with Crippen molar-refractivity contribution in [2.24, 2.45) is 0 Å². The predicted octanol–water partition coefficient (Wildman–Crippen LogP) is 5.05. The van der Waals surface area contributed by atoms with Gasteiger partial charge >= 0.3 is 0 Å². The highest BCUT2D eigenvalue weighted by Crippen LogP contribution is 2.33. The second-order valence-corrected chi connectivity index (χ2v) is 7.64. The van der Waals surface area contributed by atoms with Crippen LogP contribution in [0, 0.1) is 13.8 Å². The second kappa shape index (κ2) is 8.43. The van der Waals surface area contributed by atoms with Crippen molar-refractivity contribution in [3.8, 4) is 11.8 Å². The Balaban J connectivity index is 1.69. The van der Waals surface area contributed by atoms with E-state index in [0.29, 0.717) is 23.1 Å². The fourth-order valence-corrected chi connectivity index (χ4v) is 3.59. The summed E-state index contributed by atoms with van der Waals surface area (Å²) in [5.74, 6) is 0.895. The van der Waals surface area contributed by atoms with Gasteiger partial charge in [0.15, 0.2) is 0 Å². The molecule has 2 unspecified atom stereocenters. The number of hydrogen-bond acceptors (Lipinski definition) is 7. The van der Waals surface area contributed by atoms with Crippen LogP contribution >= 0.6 is 0 Å². The summed E-state index contributed by atoms with van der Waals surface area (Å²) in [5.41, 5.74) is 6.67. The second-order valence-electron chi connectivity index (χ2n) is 7.64. The Morgan fingerprint density at radius 1 is 0.613 bits per heavy atom. The third-order valence-corrected chi connectivity index (χ3v) is 5.19. The summed E-state index contributed by atoms with van der Waals surface area (Å²) in [7, 11) is 3.17. The van der Waals surface area contributed by atoms with Crippen LogP contribution in [0.5, 0.6) is 11.8 Å². The van der Waals surface area contributed by atoms with Gasteiger partial charge in [-0.05, 0) is 63.1 Å². The molecule has 4 rings (SSSR count). The molecule has 7 nitrogen and oxygen atoms in total. The zero-order valence-corrected chi connectivity index (χ0v) is 18.6. The van der Waals surface area contributed by atoms with E-state index < -0.39 is 0 Å². The van der Waals surface area contributed by atoms with Crippen LogP contribution in [-0.4, -0.2) is 34.2 Å². The number of nitrogens with zero attached hydrogens (tertiary/aromatic N) is 4. The summed E-state index contributed by atoms with van der Waals surface area (Å²) in [6.45, 7) is 7.91. The lowest BCUT2D eigenvalue weighted by Gasteiger charge is -2.21. The number of ether oxygens (including phenoxy) is 3. The van der Waals surface area contributed by atoms with E-state index in [0.717, 1.165) is 33.2 Å². The fraction of sp³-hybridized carbons (Fsp3) is 0.333. The maximum atomic E-state index is 6.30. The van der Waals surface area contributed by atoms with E-state index in [1.54, 1.807) is 14.2 Å². The molecule has 0 radical (unpaired) electrons. The van der Waals surface area contributed by atoms with Crippen LogP contribution in [0.4, 0.5) is 0 Å². The molecule has 31 heavy (non-hydrogen) atoms. The minimum absolute atomic E-state index is 0.387. The summed E-state index contributed by atoms with van der Waals surface area (Å²) < 4.78 is 17.3. The van der Waals surface area contributed by atoms with Crippen molar-refractivity contribution >= 4 is 22.1 Å². The minimum atomic E-state index is -0.387. The van der Waals surface area contributed by atoms with E-state index in [-0.39, 0.29) is 12.2 Å². The van der Waals surface area contributed by atoms with Crippen LogP contribution in [0.3, 0.4) is 0 Å². The van der Waals surface area contributed by atoms with E-state index in [1.807, 2.05) is 64.1 Å². The Hall–Kier alpha value is -3.32. The zero-order valence-electron chi connectivity index (χ0n) is 18.6. The van der Waals surface area contributed by atoms with Gasteiger partial charge in [0, 0.05) is 0 Å². The van der Waals surface area contributed by atoms with Crippen molar-refractivity contribution in [3.63, 3.8) is 0 Å². The SMILES string of the molecule is COc1nc2ccc(C)cc2nc1C(C)OC(C)c1nc2cc(C)ccc2nc1OC. The van der Waals surface area contributed by atoms with Crippen molar-refractivity contribution in [3.05, 3.63) is 58.9 Å². The number of aromatic nitrogens is 4. The Morgan fingerprint density at radius 2 is 1.03 bits per heavy atom. The lowest BCUT2D eigenvalue weighted by atomic mass is 10.2. The maximum absolute atomic E-state index is 6.30. The molecule has 7 heteroatoms. The first-order valence-electron chi connectivity index (χ1n) is 10.2. The van der Waals surface area contributed by atoms with E-state index >= 15 is 0 Å². The Labute approximate surface area is 181 Å². The third-order valence-electron chi connectivity index (χ3n) is 5.19. The van der Waals surface area contributed by atoms with Gasteiger partial charge in [-0.2, -0.15) is 0 Å². The lowest BCUT2D eigenvalue weighted by Crippen LogP contribution is -2.12. The molecule has 2 aromatic carbocycles. The van der Waals surface area contributed by atoms with Gasteiger partial charge in [0.05, 0.1) is 36.3 Å². The van der Waals surface area contributed by atoms with Gasteiger partial charge in [0.1, 0.15) is 23.6 Å². The number of methoxy groups -OCH3 is 2. The van der Waals surface area contributed by atoms with Crippen molar-refractivity contribution in [2.75, 3.05) is 14.2 Å². The maximum Gasteiger partial charge on any atom is 0.238 e. The van der Waals surface area contributed by atoms with Crippen molar-refractivity contribution < 1.29 is 14.2 Å². The molecule has 160 valence electrons. The number of benzene rings is 2. The van der Waals surface area contributed by atoms with E-state index in [1.165, 1.54) is 0 Å². The van der Waals surface area contributed by atoms with Gasteiger partial charge < -0.3 is 14.2 Å². The van der Waals surface area contributed by atoms with Crippen LogP contribution in [0.25, 0.3) is 22.1 Å². The molecule has 2 heterocycles. The largest absolute Gasteiger partial charge is 0.480 e. The molecule has 4 aromatic rings. The van der Waals surface area contributed by atoms with Gasteiger partial charge in [0.25, 0.3) is 0 Å². The molecule has 0 N–H and O–H groups in total. The average Bonchev–Trinajstić information content (AvgIpc) is 2.76. The molecule has 0 spiro atoms. The molecule has 0 saturated carbocycles. The van der Waals surface area contributed by atoms with Crippen LogP contribution < -0.4 is 9.47 Å². The quantitative estimate of drug-likeness (QED) is 0.434. The third kappa shape index (κ3) is 4.14. The standard InChI is InChI=1S/C24H26N4O3/c1-13-7-9-17-19(11-13)25-21(23(27-17)29-5)15(3)31-16(4)22-24(30-6)28-18-10-8-14(2)12-20(18)26-22/h7-12,15-16H,1-6H3. The summed E-state index contributed by atoms with van der Waals surface area (Å²) in [4.78, 5) is 18.8. The van der Waals surface area contributed by atoms with Crippen molar-refractivity contribution in [1.29, 1.82) is 0 Å². The van der Waals surface area contributed by atoms with Gasteiger partial charge in [-0.15, -0.1) is 0 Å². The van der Waals surface area contributed by atoms with Crippen LogP contribution in [-0.2, 0) is 4.74 Å². The number of fused-ring (bicyclic) bond motifs is 2. The fourth-order valence-electron chi connectivity index (χ4n) is 3.59. The molecule has 0 aliphatic rings. The number of hydrogen-bond donors (Lipinski definition) is 0. The highest BCUT2D eigenvalue weighted by atomic mass is 16.5. The summed E-state index contributed by atoms with van der Waals surface area (Å²) in [5, 5.41) is 0. The Kier molecular flexibility index (Phi) is 5.69. The predicted molar refractivity (Wildman–Crippen MR) is 120 cm³/mol. The minimum Gasteiger partial charge on any atom is -0.480 e. The van der Waals surface area contributed by atoms with Crippen LogP contribution in [0.1, 0.15) is 48.6 Å². The van der Waals surface area contributed by atoms with Gasteiger partial charge in [-0.1, -0.05) is 12.1 Å². The van der Waals surface area contributed by atoms with Gasteiger partial charge in [-0.25, -0.2) is 19.9 Å².